The van der Waals surface area contributed by atoms with E-state index >= 15 is 0 Å². The Morgan fingerprint density at radius 1 is 1.47 bits per heavy atom. The molecule has 0 bridgehead atoms. The molecule has 1 aliphatic heterocycles. The van der Waals surface area contributed by atoms with Crippen molar-refractivity contribution in [3.05, 3.63) is 29.8 Å². The maximum absolute atomic E-state index is 10.3. The van der Waals surface area contributed by atoms with E-state index in [1.54, 1.807) is 25.3 Å². The third-order valence-corrected chi connectivity index (χ3v) is 2.65. The molecule has 0 aromatic heterocycles. The van der Waals surface area contributed by atoms with E-state index in [1.807, 2.05) is 6.07 Å². The van der Waals surface area contributed by atoms with Gasteiger partial charge in [-0.1, -0.05) is 12.1 Å². The number of methoxy groups -OCH3 is 1. The second-order valence-corrected chi connectivity index (χ2v) is 3.73. The number of carbonyl (C=O) groups is 1. The molecule has 2 fully saturated rings. The third-order valence-electron chi connectivity index (χ3n) is 2.65. The van der Waals surface area contributed by atoms with Crippen molar-refractivity contribution in [2.24, 2.45) is 5.92 Å². The van der Waals surface area contributed by atoms with Crippen LogP contribution in [-0.2, 0) is 4.74 Å². The minimum absolute atomic E-state index is 0.588. The van der Waals surface area contributed by atoms with Crippen LogP contribution in [0.5, 0.6) is 5.75 Å². The normalized spacial score (nSPS) is 25.1. The molecule has 0 spiro atoms. The molecule has 3 nitrogen and oxygen atoms in total. The van der Waals surface area contributed by atoms with Crippen molar-refractivity contribution in [3.63, 3.8) is 0 Å². The number of carbonyl (C=O) groups excluding carboxylic acids is 1. The van der Waals surface area contributed by atoms with E-state index in [-0.39, 0.29) is 0 Å². The van der Waals surface area contributed by atoms with Crippen LogP contribution in [0.25, 0.3) is 0 Å². The van der Waals surface area contributed by atoms with Crippen molar-refractivity contribution in [2.45, 2.75) is 12.5 Å². The summed E-state index contributed by atoms with van der Waals surface area (Å²) >= 11 is 0. The number of hydrogen-bond acceptors (Lipinski definition) is 3. The van der Waals surface area contributed by atoms with Crippen LogP contribution in [0.15, 0.2) is 24.3 Å². The van der Waals surface area contributed by atoms with Crippen LogP contribution in [0.4, 0.5) is 0 Å². The Hall–Kier alpha value is -1.35. The van der Waals surface area contributed by atoms with Gasteiger partial charge in [0.1, 0.15) is 5.75 Å². The lowest BCUT2D eigenvalue weighted by Gasteiger charge is -2.08. The summed E-state index contributed by atoms with van der Waals surface area (Å²) in [7, 11) is 1.54. The van der Waals surface area contributed by atoms with Crippen LogP contribution in [0.1, 0.15) is 16.8 Å². The lowest BCUT2D eigenvalue weighted by Crippen LogP contribution is -2.12. The average Bonchev–Trinajstić information content (AvgIpc) is 2.86. The fourth-order valence-corrected chi connectivity index (χ4v) is 1.49. The summed E-state index contributed by atoms with van der Waals surface area (Å²) in [5.74, 6) is 1.63. The van der Waals surface area contributed by atoms with Crippen molar-refractivity contribution >= 4 is 6.29 Å². The molecule has 0 radical (unpaired) electrons. The van der Waals surface area contributed by atoms with E-state index in [0.717, 1.165) is 24.9 Å². The highest BCUT2D eigenvalue weighted by Crippen LogP contribution is 2.42. The molecule has 1 aromatic rings. The number of para-hydroxylation sites is 1. The molecule has 1 aliphatic carbocycles. The van der Waals surface area contributed by atoms with Gasteiger partial charge < -0.3 is 9.47 Å². The van der Waals surface area contributed by atoms with Gasteiger partial charge in [-0.3, -0.25) is 4.79 Å². The highest BCUT2D eigenvalue weighted by atomic mass is 16.5. The molecule has 0 amide bonds. The van der Waals surface area contributed by atoms with Crippen LogP contribution in [0.2, 0.25) is 0 Å². The average molecular weight is 206 g/mol. The quantitative estimate of drug-likeness (QED) is 0.693. The molecule has 80 valence electrons. The topological polar surface area (TPSA) is 35.5 Å². The molecule has 1 saturated carbocycles. The van der Waals surface area contributed by atoms with Gasteiger partial charge in [0.15, 0.2) is 6.29 Å². The van der Waals surface area contributed by atoms with Gasteiger partial charge >= 0.3 is 0 Å². The van der Waals surface area contributed by atoms with Crippen LogP contribution in [0.3, 0.4) is 0 Å². The van der Waals surface area contributed by atoms with Gasteiger partial charge in [0.05, 0.1) is 25.4 Å². The van der Waals surface area contributed by atoms with Crippen LogP contribution >= 0.6 is 0 Å². The third kappa shape index (κ3) is 2.36. The number of ether oxygens (including phenoxy) is 2. The highest BCUT2D eigenvalue weighted by Gasteiger charge is 2.46. The number of rotatable bonds is 2. The zero-order valence-corrected chi connectivity index (χ0v) is 8.68. The van der Waals surface area contributed by atoms with Crippen molar-refractivity contribution in [1.29, 1.82) is 0 Å². The molecule has 3 heteroatoms. The van der Waals surface area contributed by atoms with Crippen LogP contribution in [-0.4, -0.2) is 26.1 Å². The molecule has 2 aliphatic rings. The van der Waals surface area contributed by atoms with Crippen molar-refractivity contribution in [3.8, 4) is 5.75 Å². The predicted molar refractivity (Wildman–Crippen MR) is 56.2 cm³/mol. The highest BCUT2D eigenvalue weighted by molar-refractivity contribution is 5.79. The predicted octanol–water partition coefficient (Wildman–Crippen LogP) is 1.91. The first kappa shape index (κ1) is 10.2. The Balaban J connectivity index is 0.000000139. The molecule has 3 rings (SSSR count). The zero-order chi connectivity index (χ0) is 10.7. The SMILES string of the molecule is C1OC2CC12.COc1ccccc1C=O. The Morgan fingerprint density at radius 3 is 2.53 bits per heavy atom. The minimum atomic E-state index is 0.588. The first-order chi connectivity index (χ1) is 7.35. The minimum Gasteiger partial charge on any atom is -0.496 e. The second kappa shape index (κ2) is 4.45. The van der Waals surface area contributed by atoms with Crippen LogP contribution < -0.4 is 4.74 Å². The fourth-order valence-electron chi connectivity index (χ4n) is 1.49. The summed E-state index contributed by atoms with van der Waals surface area (Å²) in [6.45, 7) is 1.06. The van der Waals surface area contributed by atoms with Gasteiger partial charge in [-0.15, -0.1) is 0 Å². The summed E-state index contributed by atoms with van der Waals surface area (Å²) in [5, 5.41) is 0. The van der Waals surface area contributed by atoms with Gasteiger partial charge in [0.2, 0.25) is 0 Å². The van der Waals surface area contributed by atoms with Gasteiger partial charge in [-0.05, 0) is 18.6 Å². The number of hydrogen-bond donors (Lipinski definition) is 0. The first-order valence-electron chi connectivity index (χ1n) is 5.05. The zero-order valence-electron chi connectivity index (χ0n) is 8.68. The molecule has 1 saturated heterocycles. The van der Waals surface area contributed by atoms with Gasteiger partial charge in [-0.25, -0.2) is 0 Å². The largest absolute Gasteiger partial charge is 0.496 e. The van der Waals surface area contributed by atoms with Crippen molar-refractivity contribution < 1.29 is 14.3 Å². The van der Waals surface area contributed by atoms with E-state index < -0.39 is 0 Å². The maximum atomic E-state index is 10.3. The summed E-state index contributed by atoms with van der Waals surface area (Å²) in [5.41, 5.74) is 0.588. The Labute approximate surface area is 89.0 Å². The number of fused-ring (bicyclic) bond motifs is 1. The van der Waals surface area contributed by atoms with Crippen molar-refractivity contribution in [2.75, 3.05) is 13.7 Å². The van der Waals surface area contributed by atoms with Crippen molar-refractivity contribution in [1.82, 2.24) is 0 Å². The summed E-state index contributed by atoms with van der Waals surface area (Å²) in [6.07, 6.45) is 2.87. The van der Waals surface area contributed by atoms with E-state index in [0.29, 0.717) is 11.3 Å². The second-order valence-electron chi connectivity index (χ2n) is 3.73. The molecule has 2 unspecified atom stereocenters. The maximum Gasteiger partial charge on any atom is 0.153 e. The van der Waals surface area contributed by atoms with Gasteiger partial charge in [0.25, 0.3) is 0 Å². The van der Waals surface area contributed by atoms with Gasteiger partial charge in [0, 0.05) is 5.92 Å². The number of aldehydes is 1. The van der Waals surface area contributed by atoms with E-state index in [9.17, 15) is 4.79 Å². The molecular weight excluding hydrogens is 192 g/mol. The number of benzene rings is 1. The Kier molecular flexibility index (Phi) is 3.02. The molecular formula is C12H14O3. The molecule has 1 aromatic carbocycles. The molecule has 2 atom stereocenters. The first-order valence-corrected chi connectivity index (χ1v) is 5.05. The summed E-state index contributed by atoms with van der Waals surface area (Å²) < 4.78 is 9.91. The molecule has 15 heavy (non-hydrogen) atoms. The summed E-state index contributed by atoms with van der Waals surface area (Å²) in [6, 6.07) is 7.09. The van der Waals surface area contributed by atoms with Gasteiger partial charge in [-0.2, -0.15) is 0 Å². The Morgan fingerprint density at radius 2 is 2.20 bits per heavy atom. The smallest absolute Gasteiger partial charge is 0.153 e. The summed E-state index contributed by atoms with van der Waals surface area (Å²) in [4.78, 5) is 10.3. The fraction of sp³-hybridized carbons (Fsp3) is 0.417. The lowest BCUT2D eigenvalue weighted by molar-refractivity contribution is 0.0231. The molecule has 0 N–H and O–H groups in total. The van der Waals surface area contributed by atoms with E-state index in [2.05, 4.69) is 0 Å². The van der Waals surface area contributed by atoms with Crippen LogP contribution in [0, 0.1) is 5.92 Å². The molecule has 1 heterocycles. The lowest BCUT2D eigenvalue weighted by atomic mass is 10.2. The van der Waals surface area contributed by atoms with E-state index in [4.69, 9.17) is 9.47 Å². The monoisotopic (exact) mass is 206 g/mol. The Bertz CT molecular complexity index is 336. The van der Waals surface area contributed by atoms with E-state index in [1.165, 1.54) is 6.42 Å². The standard InChI is InChI=1S/C8H8O2.C4H6O/c1-10-8-5-3-2-4-7(8)6-9;1-3-2-5-4(1)3/h2-6H,1H3;3-4H,1-2H2.